The Hall–Kier alpha value is -1.70. The topological polar surface area (TPSA) is 55.2 Å². The Morgan fingerprint density at radius 2 is 1.61 bits per heavy atom. The second-order valence-electron chi connectivity index (χ2n) is 7.08. The van der Waals surface area contributed by atoms with E-state index in [4.69, 9.17) is 25.5 Å². The molecule has 0 radical (unpaired) electrons. The van der Waals surface area contributed by atoms with Crippen molar-refractivity contribution in [2.75, 3.05) is 52.6 Å². The maximum atomic E-state index is 13.6. The van der Waals surface area contributed by atoms with Crippen LogP contribution in [0.4, 0.5) is 0 Å². The van der Waals surface area contributed by atoms with Gasteiger partial charge in [0.1, 0.15) is 0 Å². The van der Waals surface area contributed by atoms with Gasteiger partial charge in [0.2, 0.25) is 5.78 Å². The van der Waals surface area contributed by atoms with E-state index >= 15 is 0 Å². The smallest absolute Gasteiger partial charge is 0.216 e. The predicted octanol–water partition coefficient (Wildman–Crippen LogP) is 2.89. The van der Waals surface area contributed by atoms with Gasteiger partial charge in [-0.15, -0.1) is 0 Å². The number of hydrogen-bond donors (Lipinski definition) is 0. The third kappa shape index (κ3) is 4.31. The number of furan rings is 1. The van der Waals surface area contributed by atoms with Gasteiger partial charge in [-0.25, -0.2) is 0 Å². The Bertz CT molecular complexity index is 770. The second-order valence-corrected chi connectivity index (χ2v) is 7.52. The highest BCUT2D eigenvalue weighted by Crippen LogP contribution is 2.32. The summed E-state index contributed by atoms with van der Waals surface area (Å²) in [6.07, 6.45) is 1.55. The molecular weight excluding hydrogens is 380 g/mol. The van der Waals surface area contributed by atoms with Crippen LogP contribution in [0.25, 0.3) is 0 Å². The minimum atomic E-state index is -0.383. The number of ether oxygens (including phenoxy) is 2. The lowest BCUT2D eigenvalue weighted by Crippen LogP contribution is -2.55. The molecule has 2 aliphatic rings. The quantitative estimate of drug-likeness (QED) is 0.690. The van der Waals surface area contributed by atoms with Gasteiger partial charge < -0.3 is 13.9 Å². The van der Waals surface area contributed by atoms with Gasteiger partial charge in [-0.1, -0.05) is 23.7 Å². The van der Waals surface area contributed by atoms with E-state index in [9.17, 15) is 4.79 Å². The lowest BCUT2D eigenvalue weighted by molar-refractivity contribution is -0.0307. The lowest BCUT2D eigenvalue weighted by atomic mass is 9.91. The highest BCUT2D eigenvalue weighted by Gasteiger charge is 2.40. The van der Waals surface area contributed by atoms with Crippen LogP contribution in [-0.4, -0.2) is 74.2 Å². The van der Waals surface area contributed by atoms with E-state index in [1.807, 2.05) is 18.2 Å². The van der Waals surface area contributed by atoms with Crippen molar-refractivity contribution < 1.29 is 18.7 Å². The molecule has 0 N–H and O–H groups in total. The van der Waals surface area contributed by atoms with Crippen molar-refractivity contribution in [3.05, 3.63) is 59.0 Å². The van der Waals surface area contributed by atoms with Crippen LogP contribution in [0.2, 0.25) is 5.02 Å². The summed E-state index contributed by atoms with van der Waals surface area (Å²) in [4.78, 5) is 18.1. The van der Waals surface area contributed by atoms with Crippen LogP contribution >= 0.6 is 11.6 Å². The number of morpholine rings is 2. The van der Waals surface area contributed by atoms with Crippen LogP contribution in [0.5, 0.6) is 0 Å². The fourth-order valence-electron chi connectivity index (χ4n) is 4.07. The van der Waals surface area contributed by atoms with E-state index in [2.05, 4.69) is 15.9 Å². The minimum Gasteiger partial charge on any atom is -0.461 e. The van der Waals surface area contributed by atoms with Gasteiger partial charge in [-0.2, -0.15) is 0 Å². The van der Waals surface area contributed by atoms with Crippen LogP contribution in [0.3, 0.4) is 0 Å². The first-order chi connectivity index (χ1) is 13.7. The van der Waals surface area contributed by atoms with Crippen LogP contribution < -0.4 is 0 Å². The van der Waals surface area contributed by atoms with E-state index in [0.29, 0.717) is 50.3 Å². The molecule has 1 aromatic heterocycles. The normalized spacial score (nSPS) is 21.3. The summed E-state index contributed by atoms with van der Waals surface area (Å²) < 4.78 is 16.6. The number of carbonyl (C=O) groups excluding carboxylic acids is 1. The van der Waals surface area contributed by atoms with Gasteiger partial charge >= 0.3 is 0 Å². The molecule has 0 aliphatic carbocycles. The summed E-state index contributed by atoms with van der Waals surface area (Å²) in [6, 6.07) is 10.8. The molecular formula is C21H25ClN2O4. The average Bonchev–Trinajstić information content (AvgIpc) is 3.28. The van der Waals surface area contributed by atoms with Gasteiger partial charge in [0.05, 0.1) is 44.8 Å². The summed E-state index contributed by atoms with van der Waals surface area (Å²) in [5.74, 6) is 0.375. The Morgan fingerprint density at radius 3 is 2.21 bits per heavy atom. The molecule has 28 heavy (non-hydrogen) atoms. The SMILES string of the molecule is O=C(c1ccco1)[C@@H]([C@H](c1cccc(Cl)c1)N1CCOCC1)N1CCOCC1. The first kappa shape index (κ1) is 19.6. The fourth-order valence-corrected chi connectivity index (χ4v) is 4.27. The molecule has 0 bridgehead atoms. The van der Waals surface area contributed by atoms with Crippen molar-refractivity contribution in [3.8, 4) is 0 Å². The van der Waals surface area contributed by atoms with Crippen molar-refractivity contribution in [1.82, 2.24) is 9.80 Å². The van der Waals surface area contributed by atoms with Gasteiger partial charge in [-0.3, -0.25) is 14.6 Å². The number of carbonyl (C=O) groups is 1. The molecule has 0 spiro atoms. The molecule has 2 aromatic rings. The lowest BCUT2D eigenvalue weighted by Gasteiger charge is -2.44. The summed E-state index contributed by atoms with van der Waals surface area (Å²) in [5.41, 5.74) is 1.03. The molecule has 2 fully saturated rings. The Labute approximate surface area is 169 Å². The van der Waals surface area contributed by atoms with E-state index in [1.54, 1.807) is 18.4 Å². The number of Topliss-reactive ketones (excluding diaryl/α,β-unsaturated/α-hetero) is 1. The van der Waals surface area contributed by atoms with E-state index in [-0.39, 0.29) is 17.9 Å². The number of benzene rings is 1. The molecule has 2 aliphatic heterocycles. The molecule has 2 saturated heterocycles. The maximum absolute atomic E-state index is 13.6. The van der Waals surface area contributed by atoms with Crippen LogP contribution in [0, 0.1) is 0 Å². The monoisotopic (exact) mass is 404 g/mol. The van der Waals surface area contributed by atoms with Gasteiger partial charge in [-0.05, 0) is 29.8 Å². The highest BCUT2D eigenvalue weighted by molar-refractivity contribution is 6.30. The Morgan fingerprint density at radius 1 is 0.929 bits per heavy atom. The van der Waals surface area contributed by atoms with Gasteiger partial charge in [0.15, 0.2) is 5.76 Å². The molecule has 0 unspecified atom stereocenters. The fraction of sp³-hybridized carbons (Fsp3) is 0.476. The molecule has 150 valence electrons. The van der Waals surface area contributed by atoms with Gasteiger partial charge in [0, 0.05) is 31.2 Å². The van der Waals surface area contributed by atoms with Crippen LogP contribution in [0.15, 0.2) is 47.1 Å². The van der Waals surface area contributed by atoms with E-state index in [0.717, 1.165) is 18.7 Å². The molecule has 4 rings (SSSR count). The van der Waals surface area contributed by atoms with Crippen molar-refractivity contribution in [1.29, 1.82) is 0 Å². The van der Waals surface area contributed by atoms with Crippen molar-refractivity contribution in [3.63, 3.8) is 0 Å². The van der Waals surface area contributed by atoms with Crippen molar-refractivity contribution in [2.24, 2.45) is 0 Å². The zero-order chi connectivity index (χ0) is 19.3. The number of rotatable bonds is 6. The Balaban J connectivity index is 1.76. The van der Waals surface area contributed by atoms with E-state index < -0.39 is 0 Å². The minimum absolute atomic E-state index is 0.0108. The molecule has 0 amide bonds. The first-order valence-corrected chi connectivity index (χ1v) is 10.1. The number of ketones is 1. The van der Waals surface area contributed by atoms with Crippen molar-refractivity contribution >= 4 is 17.4 Å². The van der Waals surface area contributed by atoms with Crippen LogP contribution in [-0.2, 0) is 9.47 Å². The zero-order valence-electron chi connectivity index (χ0n) is 15.8. The standard InChI is InChI=1S/C21H25ClN2O4/c22-17-4-1-3-16(15-17)19(23-6-11-26-12-7-23)20(24-8-13-27-14-9-24)21(25)18-5-2-10-28-18/h1-5,10,15,19-20H,6-9,11-14H2/t19-,20+/m0/s1. The summed E-state index contributed by atoms with van der Waals surface area (Å²) in [5, 5.41) is 0.668. The summed E-state index contributed by atoms with van der Waals surface area (Å²) in [6.45, 7) is 5.49. The maximum Gasteiger partial charge on any atom is 0.216 e. The third-order valence-electron chi connectivity index (χ3n) is 5.40. The van der Waals surface area contributed by atoms with Crippen LogP contribution in [0.1, 0.15) is 22.2 Å². The molecule has 0 saturated carbocycles. The predicted molar refractivity (Wildman–Crippen MR) is 106 cm³/mol. The number of hydrogen-bond acceptors (Lipinski definition) is 6. The molecule has 3 heterocycles. The van der Waals surface area contributed by atoms with Gasteiger partial charge in [0.25, 0.3) is 0 Å². The summed E-state index contributed by atoms with van der Waals surface area (Å²) >= 11 is 6.32. The molecule has 6 nitrogen and oxygen atoms in total. The largest absolute Gasteiger partial charge is 0.461 e. The third-order valence-corrected chi connectivity index (χ3v) is 5.64. The number of nitrogens with zero attached hydrogens (tertiary/aromatic N) is 2. The zero-order valence-corrected chi connectivity index (χ0v) is 16.5. The first-order valence-electron chi connectivity index (χ1n) is 9.71. The summed E-state index contributed by atoms with van der Waals surface area (Å²) in [7, 11) is 0. The number of halogens is 1. The molecule has 2 atom stereocenters. The van der Waals surface area contributed by atoms with Crippen molar-refractivity contribution in [2.45, 2.75) is 12.1 Å². The highest BCUT2D eigenvalue weighted by atomic mass is 35.5. The van der Waals surface area contributed by atoms with E-state index in [1.165, 1.54) is 0 Å². The Kier molecular flexibility index (Phi) is 6.44. The average molecular weight is 405 g/mol. The second kappa shape index (κ2) is 9.20. The molecule has 7 heteroatoms. The molecule has 1 aromatic carbocycles.